The number of hydrogen-bond acceptors (Lipinski definition) is 1. The molecule has 1 aromatic heterocycles. The van der Waals surface area contributed by atoms with Crippen LogP contribution in [0.5, 0.6) is 0 Å². The first-order valence-corrected chi connectivity index (χ1v) is 7.60. The lowest BCUT2D eigenvalue weighted by Crippen LogP contribution is -1.94. The van der Waals surface area contributed by atoms with Crippen LogP contribution in [0.25, 0.3) is 10.1 Å². The number of aryl methyl sites for hydroxylation is 2. The summed E-state index contributed by atoms with van der Waals surface area (Å²) >= 11 is 8.47. The van der Waals surface area contributed by atoms with Crippen molar-refractivity contribution in [1.29, 1.82) is 0 Å². The fourth-order valence-corrected chi connectivity index (χ4v) is 3.81. The highest BCUT2D eigenvalue weighted by molar-refractivity contribution is 7.19. The third-order valence-corrected chi connectivity index (χ3v) is 5.18. The van der Waals surface area contributed by atoms with Gasteiger partial charge in [-0.15, -0.1) is 22.9 Å². The van der Waals surface area contributed by atoms with Crippen molar-refractivity contribution in [3.05, 3.63) is 70.1 Å². The van der Waals surface area contributed by atoms with Gasteiger partial charge in [-0.3, -0.25) is 0 Å². The number of halogens is 1. The lowest BCUT2D eigenvalue weighted by Gasteiger charge is -2.12. The minimum atomic E-state index is -0.0581. The molecule has 19 heavy (non-hydrogen) atoms. The molecular formula is C17H15ClS. The van der Waals surface area contributed by atoms with Gasteiger partial charge in [-0.1, -0.05) is 42.0 Å². The third kappa shape index (κ3) is 2.41. The molecule has 0 N–H and O–H groups in total. The van der Waals surface area contributed by atoms with Gasteiger partial charge in [0.15, 0.2) is 0 Å². The Balaban J connectivity index is 2.07. The van der Waals surface area contributed by atoms with Gasteiger partial charge in [0.05, 0.1) is 5.38 Å². The summed E-state index contributed by atoms with van der Waals surface area (Å²) in [7, 11) is 0. The maximum Gasteiger partial charge on any atom is 0.0930 e. The van der Waals surface area contributed by atoms with Crippen molar-refractivity contribution < 1.29 is 0 Å². The highest BCUT2D eigenvalue weighted by Gasteiger charge is 2.16. The van der Waals surface area contributed by atoms with Crippen LogP contribution in [-0.2, 0) is 0 Å². The third-order valence-electron chi connectivity index (χ3n) is 3.40. The summed E-state index contributed by atoms with van der Waals surface area (Å²) in [5.41, 5.74) is 3.73. The first-order chi connectivity index (χ1) is 9.15. The summed E-state index contributed by atoms with van der Waals surface area (Å²) in [6.45, 7) is 4.23. The monoisotopic (exact) mass is 286 g/mol. The predicted octanol–water partition coefficient (Wildman–Crippen LogP) is 5.85. The van der Waals surface area contributed by atoms with Gasteiger partial charge >= 0.3 is 0 Å². The smallest absolute Gasteiger partial charge is 0.0930 e. The Kier molecular flexibility index (Phi) is 3.34. The van der Waals surface area contributed by atoms with Crippen molar-refractivity contribution in [2.24, 2.45) is 0 Å². The van der Waals surface area contributed by atoms with Crippen LogP contribution >= 0.6 is 22.9 Å². The van der Waals surface area contributed by atoms with Crippen LogP contribution in [0.3, 0.4) is 0 Å². The molecule has 96 valence electrons. The average molecular weight is 287 g/mol. The lowest BCUT2D eigenvalue weighted by atomic mass is 10.0. The molecule has 0 radical (unpaired) electrons. The van der Waals surface area contributed by atoms with E-state index in [0.29, 0.717) is 0 Å². The van der Waals surface area contributed by atoms with E-state index >= 15 is 0 Å². The zero-order chi connectivity index (χ0) is 13.4. The molecule has 3 rings (SSSR count). The first-order valence-electron chi connectivity index (χ1n) is 6.35. The van der Waals surface area contributed by atoms with Crippen LogP contribution in [0.2, 0.25) is 0 Å². The van der Waals surface area contributed by atoms with E-state index in [1.165, 1.54) is 31.7 Å². The molecule has 1 heterocycles. The molecule has 0 saturated heterocycles. The van der Waals surface area contributed by atoms with E-state index in [4.69, 9.17) is 11.6 Å². The van der Waals surface area contributed by atoms with Gasteiger partial charge in [0.25, 0.3) is 0 Å². The molecule has 0 bridgehead atoms. The van der Waals surface area contributed by atoms with Gasteiger partial charge in [-0.25, -0.2) is 0 Å². The molecule has 2 heteroatoms. The van der Waals surface area contributed by atoms with Gasteiger partial charge < -0.3 is 0 Å². The second-order valence-electron chi connectivity index (χ2n) is 4.91. The van der Waals surface area contributed by atoms with Crippen molar-refractivity contribution in [2.45, 2.75) is 19.2 Å². The standard InChI is InChI=1S/C17H15ClS/c1-11-7-8-12(2)14(9-11)17(18)16-10-13-5-3-4-6-15(13)19-16/h3-10,17H,1-2H3. The van der Waals surface area contributed by atoms with Gasteiger partial charge in [-0.2, -0.15) is 0 Å². The molecule has 0 spiro atoms. The first kappa shape index (κ1) is 12.7. The molecule has 0 aliphatic heterocycles. The zero-order valence-corrected chi connectivity index (χ0v) is 12.6. The molecular weight excluding hydrogens is 272 g/mol. The Morgan fingerprint density at radius 3 is 2.58 bits per heavy atom. The number of rotatable bonds is 2. The maximum atomic E-state index is 6.69. The Hall–Kier alpha value is -1.31. The maximum absolute atomic E-state index is 6.69. The summed E-state index contributed by atoms with van der Waals surface area (Å²) in [6, 6.07) is 17.1. The number of benzene rings is 2. The van der Waals surface area contributed by atoms with E-state index in [1.54, 1.807) is 11.3 Å². The quantitative estimate of drug-likeness (QED) is 0.519. The fourth-order valence-electron chi connectivity index (χ4n) is 2.31. The Morgan fingerprint density at radius 2 is 1.79 bits per heavy atom. The number of fused-ring (bicyclic) bond motifs is 1. The summed E-state index contributed by atoms with van der Waals surface area (Å²) in [5.74, 6) is 0. The van der Waals surface area contributed by atoms with E-state index in [2.05, 4.69) is 62.4 Å². The second kappa shape index (κ2) is 4.99. The van der Waals surface area contributed by atoms with Crippen LogP contribution in [0.4, 0.5) is 0 Å². The van der Waals surface area contributed by atoms with Gasteiger partial charge in [0.2, 0.25) is 0 Å². The van der Waals surface area contributed by atoms with Crippen LogP contribution in [0.15, 0.2) is 48.5 Å². The molecule has 0 aliphatic rings. The summed E-state index contributed by atoms with van der Waals surface area (Å²) in [5, 5.41) is 1.22. The van der Waals surface area contributed by atoms with Crippen molar-refractivity contribution in [3.63, 3.8) is 0 Å². The van der Waals surface area contributed by atoms with Crippen molar-refractivity contribution >= 4 is 33.0 Å². The molecule has 0 aliphatic carbocycles. The normalized spacial score (nSPS) is 12.8. The van der Waals surface area contributed by atoms with Crippen LogP contribution in [-0.4, -0.2) is 0 Å². The number of alkyl halides is 1. The molecule has 1 unspecified atom stereocenters. The highest BCUT2D eigenvalue weighted by atomic mass is 35.5. The van der Waals surface area contributed by atoms with Gasteiger partial charge in [-0.05, 0) is 42.5 Å². The molecule has 2 aromatic carbocycles. The molecule has 3 aromatic rings. The minimum Gasteiger partial charge on any atom is -0.138 e. The molecule has 0 nitrogen and oxygen atoms in total. The number of hydrogen-bond donors (Lipinski definition) is 0. The highest BCUT2D eigenvalue weighted by Crippen LogP contribution is 2.38. The minimum absolute atomic E-state index is 0.0581. The Labute approximate surface area is 122 Å². The van der Waals surface area contributed by atoms with Crippen molar-refractivity contribution in [1.82, 2.24) is 0 Å². The van der Waals surface area contributed by atoms with E-state index < -0.39 is 0 Å². The predicted molar refractivity (Wildman–Crippen MR) is 85.4 cm³/mol. The number of thiophene rings is 1. The SMILES string of the molecule is Cc1ccc(C)c(C(Cl)c2cc3ccccc3s2)c1. The second-order valence-corrected chi connectivity index (χ2v) is 6.46. The Morgan fingerprint density at radius 1 is 1.00 bits per heavy atom. The van der Waals surface area contributed by atoms with E-state index in [0.717, 1.165) is 0 Å². The van der Waals surface area contributed by atoms with Crippen molar-refractivity contribution in [3.8, 4) is 0 Å². The lowest BCUT2D eigenvalue weighted by molar-refractivity contribution is 1.14. The summed E-state index contributed by atoms with van der Waals surface area (Å²) in [4.78, 5) is 1.22. The molecule has 0 saturated carbocycles. The topological polar surface area (TPSA) is 0 Å². The zero-order valence-electron chi connectivity index (χ0n) is 11.0. The van der Waals surface area contributed by atoms with Crippen LogP contribution in [0, 0.1) is 13.8 Å². The van der Waals surface area contributed by atoms with Crippen molar-refractivity contribution in [2.75, 3.05) is 0 Å². The fraction of sp³-hybridized carbons (Fsp3) is 0.176. The molecule has 0 fully saturated rings. The average Bonchev–Trinajstić information content (AvgIpc) is 2.84. The van der Waals surface area contributed by atoms with Crippen LogP contribution < -0.4 is 0 Å². The molecule has 0 amide bonds. The summed E-state index contributed by atoms with van der Waals surface area (Å²) < 4.78 is 1.30. The van der Waals surface area contributed by atoms with Gasteiger partial charge in [0.1, 0.15) is 0 Å². The van der Waals surface area contributed by atoms with E-state index in [1.807, 2.05) is 0 Å². The van der Waals surface area contributed by atoms with Crippen LogP contribution in [0.1, 0.15) is 26.9 Å². The molecule has 1 atom stereocenters. The van der Waals surface area contributed by atoms with E-state index in [-0.39, 0.29) is 5.38 Å². The summed E-state index contributed by atoms with van der Waals surface area (Å²) in [6.07, 6.45) is 0. The largest absolute Gasteiger partial charge is 0.138 e. The Bertz CT molecular complexity index is 694. The van der Waals surface area contributed by atoms with E-state index in [9.17, 15) is 0 Å². The van der Waals surface area contributed by atoms with Gasteiger partial charge in [0, 0.05) is 9.58 Å².